The van der Waals surface area contributed by atoms with Crippen molar-refractivity contribution in [2.75, 3.05) is 5.73 Å². The number of alkyl halides is 1. The summed E-state index contributed by atoms with van der Waals surface area (Å²) in [6.07, 6.45) is 1.04. The molecule has 0 saturated heterocycles. The highest BCUT2D eigenvalue weighted by atomic mass is 19.1. The quantitative estimate of drug-likeness (QED) is 0.605. The van der Waals surface area contributed by atoms with Gasteiger partial charge in [0.15, 0.2) is 0 Å². The summed E-state index contributed by atoms with van der Waals surface area (Å²) >= 11 is 0. The highest BCUT2D eigenvalue weighted by molar-refractivity contribution is 5.58. The number of halogens is 1. The van der Waals surface area contributed by atoms with E-state index >= 15 is 0 Å². The van der Waals surface area contributed by atoms with Gasteiger partial charge in [0, 0.05) is 11.6 Å². The topological polar surface area (TPSA) is 26.0 Å². The van der Waals surface area contributed by atoms with E-state index in [1.807, 2.05) is 12.1 Å². The van der Waals surface area contributed by atoms with E-state index in [0.717, 1.165) is 17.7 Å². The van der Waals surface area contributed by atoms with Crippen molar-refractivity contribution in [2.45, 2.75) is 30.8 Å². The average molecular weight is 177 g/mol. The molecular weight excluding hydrogens is 165 g/mol. The van der Waals surface area contributed by atoms with E-state index in [2.05, 4.69) is 6.07 Å². The minimum absolute atomic E-state index is 0.0983. The SMILES string of the molecule is Nc1cccc2c1C1CC2CC1F. The van der Waals surface area contributed by atoms with Gasteiger partial charge in [0.1, 0.15) is 6.17 Å². The summed E-state index contributed by atoms with van der Waals surface area (Å²) in [5.41, 5.74) is 9.05. The fraction of sp³-hybridized carbons (Fsp3) is 0.455. The van der Waals surface area contributed by atoms with Crippen molar-refractivity contribution in [3.05, 3.63) is 29.3 Å². The van der Waals surface area contributed by atoms with E-state index in [0.29, 0.717) is 12.3 Å². The van der Waals surface area contributed by atoms with Crippen molar-refractivity contribution in [1.29, 1.82) is 0 Å². The van der Waals surface area contributed by atoms with Crippen LogP contribution in [0.5, 0.6) is 0 Å². The van der Waals surface area contributed by atoms with Crippen LogP contribution in [0.1, 0.15) is 35.8 Å². The van der Waals surface area contributed by atoms with E-state index < -0.39 is 6.17 Å². The molecule has 0 aromatic heterocycles. The molecule has 1 aromatic rings. The maximum Gasteiger partial charge on any atom is 0.108 e. The standard InChI is InChI=1S/C11H12FN/c12-9-5-6-4-8(9)11-7(6)2-1-3-10(11)13/h1-3,6,8-9H,4-5,13H2. The summed E-state index contributed by atoms with van der Waals surface area (Å²) in [7, 11) is 0. The van der Waals surface area contributed by atoms with Gasteiger partial charge in [-0.05, 0) is 36.0 Å². The molecular formula is C11H12FN. The number of rotatable bonds is 0. The highest BCUT2D eigenvalue weighted by Crippen LogP contribution is 2.55. The number of fused-ring (bicyclic) bond motifs is 5. The molecule has 0 spiro atoms. The molecule has 2 aliphatic carbocycles. The highest BCUT2D eigenvalue weighted by Gasteiger charge is 2.44. The molecule has 3 unspecified atom stereocenters. The van der Waals surface area contributed by atoms with Crippen LogP contribution in [0.25, 0.3) is 0 Å². The molecule has 0 amide bonds. The zero-order chi connectivity index (χ0) is 9.00. The molecule has 2 aliphatic rings. The fourth-order valence-electron chi connectivity index (χ4n) is 2.92. The largest absolute Gasteiger partial charge is 0.398 e. The third kappa shape index (κ3) is 0.808. The molecule has 1 saturated carbocycles. The first kappa shape index (κ1) is 7.36. The van der Waals surface area contributed by atoms with Crippen molar-refractivity contribution in [3.8, 4) is 0 Å². The van der Waals surface area contributed by atoms with Crippen molar-refractivity contribution >= 4 is 5.69 Å². The maximum absolute atomic E-state index is 13.4. The molecule has 0 radical (unpaired) electrons. The van der Waals surface area contributed by atoms with Gasteiger partial charge in [-0.25, -0.2) is 4.39 Å². The van der Waals surface area contributed by atoms with Gasteiger partial charge in [-0.2, -0.15) is 0 Å². The van der Waals surface area contributed by atoms with Crippen LogP contribution in [0.15, 0.2) is 18.2 Å². The number of nitrogens with two attached hydrogens (primary N) is 1. The van der Waals surface area contributed by atoms with E-state index in [1.165, 1.54) is 5.56 Å². The van der Waals surface area contributed by atoms with Crippen LogP contribution in [0.4, 0.5) is 10.1 Å². The molecule has 1 fully saturated rings. The van der Waals surface area contributed by atoms with Crippen LogP contribution >= 0.6 is 0 Å². The molecule has 0 heterocycles. The fourth-order valence-corrected chi connectivity index (χ4v) is 2.92. The summed E-state index contributed by atoms with van der Waals surface area (Å²) < 4.78 is 13.4. The van der Waals surface area contributed by atoms with Crippen LogP contribution in [-0.4, -0.2) is 6.17 Å². The number of anilines is 1. The Morgan fingerprint density at radius 3 is 3.00 bits per heavy atom. The third-order valence-electron chi connectivity index (χ3n) is 3.47. The molecule has 1 nitrogen and oxygen atoms in total. The molecule has 68 valence electrons. The number of hydrogen-bond donors (Lipinski definition) is 1. The Hall–Kier alpha value is -1.05. The smallest absolute Gasteiger partial charge is 0.108 e. The zero-order valence-electron chi connectivity index (χ0n) is 7.33. The Balaban J connectivity index is 2.21. The Kier molecular flexibility index (Phi) is 1.27. The second kappa shape index (κ2) is 2.25. The van der Waals surface area contributed by atoms with E-state index in [1.54, 1.807) is 0 Å². The minimum Gasteiger partial charge on any atom is -0.398 e. The molecule has 13 heavy (non-hydrogen) atoms. The predicted molar refractivity (Wildman–Crippen MR) is 50.5 cm³/mol. The predicted octanol–water partition coefficient (Wildman–Crippen LogP) is 2.58. The lowest BCUT2D eigenvalue weighted by molar-refractivity contribution is 0.304. The molecule has 2 N–H and O–H groups in total. The lowest BCUT2D eigenvalue weighted by Crippen LogP contribution is -2.12. The normalized spacial score (nSPS) is 35.0. The van der Waals surface area contributed by atoms with Crippen molar-refractivity contribution in [3.63, 3.8) is 0 Å². The first-order valence-corrected chi connectivity index (χ1v) is 4.79. The van der Waals surface area contributed by atoms with Gasteiger partial charge in [0.2, 0.25) is 0 Å². The summed E-state index contributed by atoms with van der Waals surface area (Å²) in [6.45, 7) is 0. The first-order valence-electron chi connectivity index (χ1n) is 4.79. The molecule has 0 aliphatic heterocycles. The summed E-state index contributed by atoms with van der Waals surface area (Å²) in [5.74, 6) is 0.541. The Bertz CT molecular complexity index is 361. The summed E-state index contributed by atoms with van der Waals surface area (Å²) in [6, 6.07) is 5.95. The van der Waals surface area contributed by atoms with Crippen LogP contribution in [-0.2, 0) is 0 Å². The second-order valence-corrected chi connectivity index (χ2v) is 4.14. The van der Waals surface area contributed by atoms with Gasteiger partial charge in [-0.15, -0.1) is 0 Å². The lowest BCUT2D eigenvalue weighted by atomic mass is 9.89. The number of benzene rings is 1. The van der Waals surface area contributed by atoms with Crippen molar-refractivity contribution in [2.24, 2.45) is 0 Å². The molecule has 3 atom stereocenters. The van der Waals surface area contributed by atoms with Crippen LogP contribution in [0, 0.1) is 0 Å². The molecule has 2 bridgehead atoms. The maximum atomic E-state index is 13.4. The number of hydrogen-bond acceptors (Lipinski definition) is 1. The summed E-state index contributed by atoms with van der Waals surface area (Å²) in [5, 5.41) is 0. The van der Waals surface area contributed by atoms with Crippen molar-refractivity contribution < 1.29 is 4.39 Å². The van der Waals surface area contributed by atoms with Crippen LogP contribution in [0.2, 0.25) is 0 Å². The minimum atomic E-state index is -0.651. The Morgan fingerprint density at radius 1 is 1.31 bits per heavy atom. The van der Waals surface area contributed by atoms with Gasteiger partial charge in [0.05, 0.1) is 0 Å². The molecule has 1 aromatic carbocycles. The van der Waals surface area contributed by atoms with Crippen LogP contribution < -0.4 is 5.73 Å². The monoisotopic (exact) mass is 177 g/mol. The van der Waals surface area contributed by atoms with Gasteiger partial charge in [-0.1, -0.05) is 12.1 Å². The molecule has 2 heteroatoms. The van der Waals surface area contributed by atoms with E-state index in [9.17, 15) is 4.39 Å². The number of nitrogen functional groups attached to an aromatic ring is 1. The van der Waals surface area contributed by atoms with Gasteiger partial charge in [-0.3, -0.25) is 0 Å². The second-order valence-electron chi connectivity index (χ2n) is 4.14. The van der Waals surface area contributed by atoms with Crippen molar-refractivity contribution in [1.82, 2.24) is 0 Å². The van der Waals surface area contributed by atoms with E-state index in [-0.39, 0.29) is 5.92 Å². The van der Waals surface area contributed by atoms with Gasteiger partial charge >= 0.3 is 0 Å². The van der Waals surface area contributed by atoms with Crippen LogP contribution in [0.3, 0.4) is 0 Å². The lowest BCUT2D eigenvalue weighted by Gasteiger charge is -2.19. The summed E-state index contributed by atoms with van der Waals surface area (Å²) in [4.78, 5) is 0. The Labute approximate surface area is 76.7 Å². The van der Waals surface area contributed by atoms with Gasteiger partial charge in [0.25, 0.3) is 0 Å². The Morgan fingerprint density at radius 2 is 2.15 bits per heavy atom. The first-order chi connectivity index (χ1) is 6.27. The van der Waals surface area contributed by atoms with Gasteiger partial charge < -0.3 is 5.73 Å². The average Bonchev–Trinajstić information content (AvgIpc) is 2.62. The zero-order valence-corrected chi connectivity index (χ0v) is 7.33. The van der Waals surface area contributed by atoms with E-state index in [4.69, 9.17) is 5.73 Å². The molecule has 3 rings (SSSR count). The third-order valence-corrected chi connectivity index (χ3v) is 3.47.